The lowest BCUT2D eigenvalue weighted by atomic mass is 10.0. The van der Waals surface area contributed by atoms with Gasteiger partial charge in [-0.3, -0.25) is 4.79 Å². The van der Waals surface area contributed by atoms with Gasteiger partial charge in [0.1, 0.15) is 0 Å². The minimum absolute atomic E-state index is 0.0562. The lowest BCUT2D eigenvalue weighted by Crippen LogP contribution is -2.50. The quantitative estimate of drug-likeness (QED) is 0.356. The van der Waals surface area contributed by atoms with Crippen LogP contribution in [-0.2, 0) is 6.54 Å². The largest absolute Gasteiger partial charge is 0.329 e. The van der Waals surface area contributed by atoms with Gasteiger partial charge in [-0.1, -0.05) is 45.9 Å². The summed E-state index contributed by atoms with van der Waals surface area (Å²) >= 11 is 5.48. The highest BCUT2D eigenvalue weighted by Crippen LogP contribution is 2.27. The zero-order valence-electron chi connectivity index (χ0n) is 17.5. The minimum atomic E-state index is -0.406. The second kappa shape index (κ2) is 14.7. The maximum atomic E-state index is 12.2. The number of fused-ring (bicyclic) bond motifs is 1. The Labute approximate surface area is 171 Å². The summed E-state index contributed by atoms with van der Waals surface area (Å²) in [5.41, 5.74) is 2.02. The summed E-state index contributed by atoms with van der Waals surface area (Å²) in [6.07, 6.45) is 1.54. The average Bonchev–Trinajstić information content (AvgIpc) is 2.71. The maximum Gasteiger partial charge on any atom is 0.322 e. The third kappa shape index (κ3) is 8.06. The molecule has 5 nitrogen and oxygen atoms in total. The van der Waals surface area contributed by atoms with Crippen LogP contribution in [-0.4, -0.2) is 53.7 Å². The van der Waals surface area contributed by atoms with Gasteiger partial charge in [0, 0.05) is 31.4 Å². The number of nitrogens with one attached hydrogen (secondary N) is 1. The molecule has 1 saturated heterocycles. The number of hydrogen-bond donors (Lipinski definition) is 1. The summed E-state index contributed by atoms with van der Waals surface area (Å²) < 4.78 is 0. The van der Waals surface area contributed by atoms with Gasteiger partial charge >= 0.3 is 11.4 Å². The first kappa shape index (κ1) is 25.7. The van der Waals surface area contributed by atoms with Gasteiger partial charge in [-0.05, 0) is 49.4 Å². The zero-order valence-corrected chi connectivity index (χ0v) is 19.3. The highest BCUT2D eigenvalue weighted by Gasteiger charge is 2.32. The highest BCUT2D eigenvalue weighted by atomic mass is 35.5. The fourth-order valence-electron chi connectivity index (χ4n) is 2.87. The number of hydrogen-bond acceptors (Lipinski definition) is 2. The number of halogens is 1. The van der Waals surface area contributed by atoms with Gasteiger partial charge in [-0.25, -0.2) is 4.79 Å². The van der Waals surface area contributed by atoms with E-state index in [1.54, 1.807) is 4.90 Å². The normalized spacial score (nSPS) is 15.6. The zero-order chi connectivity index (χ0) is 20.8. The van der Waals surface area contributed by atoms with Gasteiger partial charge < -0.3 is 15.1 Å². The Morgan fingerprint density at radius 3 is 2.15 bits per heavy atom. The predicted molar refractivity (Wildman–Crippen MR) is 120 cm³/mol. The molecule has 2 heterocycles. The van der Waals surface area contributed by atoms with Crippen LogP contribution < -0.4 is 5.32 Å². The van der Waals surface area contributed by atoms with Crippen LogP contribution >= 0.6 is 20.2 Å². The monoisotopic (exact) mass is 415 g/mol. The summed E-state index contributed by atoms with van der Waals surface area (Å²) in [7, 11) is 1.08. The van der Waals surface area contributed by atoms with Crippen LogP contribution in [0, 0.1) is 0 Å². The molecule has 0 bridgehead atoms. The molecule has 0 spiro atoms. The molecule has 1 N–H and O–H groups in total. The number of likely N-dealkylation sites (tertiary alicyclic amines) is 1. The van der Waals surface area contributed by atoms with Crippen LogP contribution in [0.3, 0.4) is 0 Å². The Balaban J connectivity index is 0.000000860. The number of amides is 3. The molecule has 3 rings (SSSR count). The van der Waals surface area contributed by atoms with Gasteiger partial charge in [0.05, 0.1) is 0 Å². The van der Waals surface area contributed by atoms with Gasteiger partial charge in [-0.15, -0.1) is 8.58 Å². The second-order valence-corrected chi connectivity index (χ2v) is 7.01. The standard InChI is InChI=1S/C14H16ClN3O2.C2H7P.2C2H6/c15-13(19)17-7-5-11(6-8-17)18-9-10-3-1-2-4-12(10)16-14(18)20;1-3-2;2*1-2/h1-4,11H,5-9H2,(H,16,20);3H,1-2H3;2*1-2H3. The lowest BCUT2D eigenvalue weighted by molar-refractivity contribution is 0.135. The molecule has 3 amide bonds. The van der Waals surface area contributed by atoms with Crippen molar-refractivity contribution in [1.29, 1.82) is 0 Å². The summed E-state index contributed by atoms with van der Waals surface area (Å²) in [5, 5.41) is 2.52. The third-order valence-corrected chi connectivity index (χ3v) is 4.25. The Morgan fingerprint density at radius 1 is 1.11 bits per heavy atom. The first-order valence-electron chi connectivity index (χ1n) is 9.75. The number of carbonyl (C=O) groups excluding carboxylic acids is 2. The van der Waals surface area contributed by atoms with Gasteiger partial charge in [0.15, 0.2) is 0 Å². The first-order chi connectivity index (χ1) is 13.1. The molecule has 154 valence electrons. The summed E-state index contributed by atoms with van der Waals surface area (Å²) in [5.74, 6) is 0. The molecule has 0 unspecified atom stereocenters. The van der Waals surface area contributed by atoms with E-state index in [1.807, 2.05) is 56.9 Å². The number of nitrogens with zero attached hydrogens (tertiary/aromatic N) is 2. The number of piperidine rings is 1. The topological polar surface area (TPSA) is 52.7 Å². The van der Waals surface area contributed by atoms with E-state index in [-0.39, 0.29) is 12.1 Å². The van der Waals surface area contributed by atoms with Crippen molar-refractivity contribution < 1.29 is 9.59 Å². The Hall–Kier alpha value is -1.32. The van der Waals surface area contributed by atoms with Crippen molar-refractivity contribution in [3.63, 3.8) is 0 Å². The van der Waals surface area contributed by atoms with Crippen molar-refractivity contribution in [3.8, 4) is 0 Å². The van der Waals surface area contributed by atoms with Crippen molar-refractivity contribution in [1.82, 2.24) is 9.80 Å². The van der Waals surface area contributed by atoms with Gasteiger partial charge in [0.25, 0.3) is 0 Å². The van der Waals surface area contributed by atoms with Crippen molar-refractivity contribution in [3.05, 3.63) is 29.8 Å². The number of carbonyl (C=O) groups is 2. The Morgan fingerprint density at radius 2 is 1.63 bits per heavy atom. The van der Waals surface area contributed by atoms with E-state index in [1.165, 1.54) is 0 Å². The number of urea groups is 1. The molecule has 7 heteroatoms. The van der Waals surface area contributed by atoms with Crippen LogP contribution in [0.1, 0.15) is 46.1 Å². The highest BCUT2D eigenvalue weighted by molar-refractivity contribution is 7.35. The van der Waals surface area contributed by atoms with Crippen LogP contribution in [0.2, 0.25) is 0 Å². The van der Waals surface area contributed by atoms with Gasteiger partial charge in [0.2, 0.25) is 0 Å². The molecule has 1 aromatic carbocycles. The average molecular weight is 416 g/mol. The summed E-state index contributed by atoms with van der Waals surface area (Å²) in [4.78, 5) is 26.8. The van der Waals surface area contributed by atoms with Crippen molar-refractivity contribution in [2.75, 3.05) is 31.7 Å². The number of benzene rings is 1. The minimum Gasteiger partial charge on any atom is -0.329 e. The Kier molecular flexibility index (Phi) is 14.0. The van der Waals surface area contributed by atoms with E-state index < -0.39 is 5.37 Å². The summed E-state index contributed by atoms with van der Waals surface area (Å²) in [6.45, 7) is 14.2. The van der Waals surface area contributed by atoms with E-state index in [0.717, 1.165) is 32.7 Å². The molecule has 2 aliphatic heterocycles. The van der Waals surface area contributed by atoms with E-state index in [2.05, 4.69) is 18.6 Å². The molecule has 0 atom stereocenters. The second-order valence-electron chi connectivity index (χ2n) is 5.69. The smallest absolute Gasteiger partial charge is 0.322 e. The lowest BCUT2D eigenvalue weighted by Gasteiger charge is -2.40. The van der Waals surface area contributed by atoms with Crippen molar-refractivity contribution in [2.45, 2.75) is 53.1 Å². The molecule has 0 radical (unpaired) electrons. The molecule has 1 fully saturated rings. The molecule has 0 aliphatic carbocycles. The van der Waals surface area contributed by atoms with Crippen LogP contribution in [0.15, 0.2) is 24.3 Å². The molecule has 1 aromatic rings. The Bertz CT molecular complexity index is 564. The van der Waals surface area contributed by atoms with Crippen molar-refractivity contribution >= 4 is 37.3 Å². The van der Waals surface area contributed by atoms with Crippen LogP contribution in [0.25, 0.3) is 0 Å². The number of anilines is 1. The van der Waals surface area contributed by atoms with Crippen LogP contribution in [0.5, 0.6) is 0 Å². The van der Waals surface area contributed by atoms with E-state index in [9.17, 15) is 9.59 Å². The SMILES string of the molecule is CC.CC.CPC.O=C(Cl)N1CCC(N2Cc3ccccc3NC2=O)CC1. The fraction of sp³-hybridized carbons (Fsp3) is 0.600. The number of rotatable bonds is 1. The first-order valence-corrected chi connectivity index (χ1v) is 12.1. The third-order valence-electron chi connectivity index (χ3n) is 4.01. The van der Waals surface area contributed by atoms with Crippen LogP contribution in [0.4, 0.5) is 15.3 Å². The molecule has 27 heavy (non-hydrogen) atoms. The maximum absolute atomic E-state index is 12.2. The molecular formula is C20H35ClN3O2P. The molecule has 2 aliphatic rings. The van der Waals surface area contributed by atoms with Gasteiger partial charge in [-0.2, -0.15) is 0 Å². The fourth-order valence-corrected chi connectivity index (χ4v) is 3.04. The predicted octanol–water partition coefficient (Wildman–Crippen LogP) is 5.83. The van der Waals surface area contributed by atoms with Crippen molar-refractivity contribution in [2.24, 2.45) is 0 Å². The number of para-hydroxylation sites is 1. The molecule has 0 saturated carbocycles. The molecular weight excluding hydrogens is 381 g/mol. The van der Waals surface area contributed by atoms with E-state index in [4.69, 9.17) is 11.6 Å². The molecule has 0 aromatic heterocycles. The summed E-state index contributed by atoms with van der Waals surface area (Å²) in [6, 6.07) is 7.94. The van der Waals surface area contributed by atoms with E-state index >= 15 is 0 Å². The van der Waals surface area contributed by atoms with E-state index in [0.29, 0.717) is 19.6 Å².